The maximum absolute atomic E-state index is 12.9. The zero-order valence-electron chi connectivity index (χ0n) is 9.74. The molecule has 1 atom stereocenters. The molecule has 0 saturated carbocycles. The van der Waals surface area contributed by atoms with Gasteiger partial charge < -0.3 is 5.73 Å². The summed E-state index contributed by atoms with van der Waals surface area (Å²) in [5.74, 6) is 5.41. The van der Waals surface area contributed by atoms with Crippen LogP contribution in [0.25, 0.3) is 0 Å². The fraction of sp³-hybridized carbons (Fsp3) is 0.167. The van der Waals surface area contributed by atoms with Crippen molar-refractivity contribution in [3.05, 3.63) is 51.7 Å². The molecule has 3 nitrogen and oxygen atoms in total. The molecule has 102 valence electrons. The predicted octanol–water partition coefficient (Wildman–Crippen LogP) is 2.90. The Kier molecular flexibility index (Phi) is 3.79. The number of rotatable bonds is 3. The summed E-state index contributed by atoms with van der Waals surface area (Å²) in [5.41, 5.74) is 8.50. The van der Waals surface area contributed by atoms with Crippen LogP contribution in [0.3, 0.4) is 0 Å². The van der Waals surface area contributed by atoms with Crippen molar-refractivity contribution < 1.29 is 13.2 Å². The Morgan fingerprint density at radius 3 is 2.37 bits per heavy atom. The van der Waals surface area contributed by atoms with Crippen molar-refractivity contribution in [2.24, 2.45) is 5.84 Å². The maximum Gasteiger partial charge on any atom is 0.417 e. The molecule has 1 unspecified atom stereocenters. The van der Waals surface area contributed by atoms with E-state index >= 15 is 0 Å². The third-order valence-electron chi connectivity index (χ3n) is 2.78. The molecule has 0 fully saturated rings. The van der Waals surface area contributed by atoms with Gasteiger partial charge in [-0.25, -0.2) is 5.43 Å². The van der Waals surface area contributed by atoms with Crippen LogP contribution in [0.4, 0.5) is 18.9 Å². The maximum atomic E-state index is 12.9. The fourth-order valence-electron chi connectivity index (χ4n) is 1.88. The highest BCUT2D eigenvalue weighted by Gasteiger charge is 2.36. The molecule has 5 N–H and O–H groups in total. The lowest BCUT2D eigenvalue weighted by Gasteiger charge is -2.20. The second-order valence-corrected chi connectivity index (χ2v) is 4.71. The Morgan fingerprint density at radius 2 is 1.79 bits per heavy atom. The molecule has 0 bridgehead atoms. The number of alkyl halides is 3. The third-order valence-corrected chi connectivity index (χ3v) is 3.54. The van der Waals surface area contributed by atoms with E-state index in [1.54, 1.807) is 24.3 Å². The van der Waals surface area contributed by atoms with Crippen LogP contribution >= 0.6 is 11.3 Å². The number of hydrogen-bond donors (Lipinski definition) is 3. The van der Waals surface area contributed by atoms with E-state index in [4.69, 9.17) is 11.6 Å². The number of hydrazine groups is 1. The molecule has 0 aliphatic heterocycles. The van der Waals surface area contributed by atoms with Crippen LogP contribution in [0.5, 0.6) is 0 Å². The number of nitrogens with one attached hydrogen (secondary N) is 1. The first-order valence-corrected chi connectivity index (χ1v) is 6.33. The first-order chi connectivity index (χ1) is 8.95. The lowest BCUT2D eigenvalue weighted by molar-refractivity contribution is -0.138. The van der Waals surface area contributed by atoms with Gasteiger partial charge in [0.2, 0.25) is 0 Å². The number of halogens is 3. The van der Waals surface area contributed by atoms with Crippen LogP contribution in [0.15, 0.2) is 35.0 Å². The lowest BCUT2D eigenvalue weighted by Crippen LogP contribution is -2.30. The number of anilines is 1. The average Bonchev–Trinajstić information content (AvgIpc) is 2.81. The van der Waals surface area contributed by atoms with Gasteiger partial charge in [0.1, 0.15) is 0 Å². The summed E-state index contributed by atoms with van der Waals surface area (Å²) in [6.45, 7) is 0. The summed E-state index contributed by atoms with van der Waals surface area (Å²) in [6, 6.07) is 5.90. The minimum Gasteiger partial charge on any atom is -0.398 e. The van der Waals surface area contributed by atoms with Crippen LogP contribution in [-0.4, -0.2) is 0 Å². The van der Waals surface area contributed by atoms with Crippen LogP contribution < -0.4 is 17.0 Å². The van der Waals surface area contributed by atoms with E-state index in [0.717, 1.165) is 16.7 Å². The third kappa shape index (κ3) is 2.73. The summed E-state index contributed by atoms with van der Waals surface area (Å²) >= 11 is 0.981. The highest BCUT2D eigenvalue weighted by molar-refractivity contribution is 7.08. The van der Waals surface area contributed by atoms with Gasteiger partial charge in [0, 0.05) is 11.1 Å². The van der Waals surface area contributed by atoms with Crippen molar-refractivity contribution in [3.8, 4) is 0 Å². The van der Waals surface area contributed by atoms with Gasteiger partial charge in [-0.3, -0.25) is 5.84 Å². The second-order valence-electron chi connectivity index (χ2n) is 3.97. The highest BCUT2D eigenvalue weighted by atomic mass is 32.1. The summed E-state index contributed by atoms with van der Waals surface area (Å²) in [6.07, 6.45) is -4.41. The van der Waals surface area contributed by atoms with Gasteiger partial charge in [-0.15, -0.1) is 0 Å². The van der Waals surface area contributed by atoms with Crippen molar-refractivity contribution in [1.29, 1.82) is 0 Å². The smallest absolute Gasteiger partial charge is 0.398 e. The van der Waals surface area contributed by atoms with Gasteiger partial charge in [-0.05, 0) is 22.6 Å². The first kappa shape index (κ1) is 13.9. The van der Waals surface area contributed by atoms with Crippen LogP contribution in [0.1, 0.15) is 22.7 Å². The predicted molar refractivity (Wildman–Crippen MR) is 69.3 cm³/mol. The standard InChI is InChI=1S/C12H12F3N3S/c13-12(14,15)9-6-19-5-8(9)11(18-17)7-3-1-2-4-10(7)16/h1-6,11,18H,16-17H2. The Labute approximate surface area is 112 Å². The topological polar surface area (TPSA) is 64.1 Å². The van der Waals surface area contributed by atoms with Gasteiger partial charge in [0.15, 0.2) is 0 Å². The summed E-state index contributed by atoms with van der Waals surface area (Å²) in [5, 5.41) is 2.50. The van der Waals surface area contributed by atoms with Gasteiger partial charge in [-0.1, -0.05) is 18.2 Å². The highest BCUT2D eigenvalue weighted by Crippen LogP contribution is 2.39. The summed E-state index contributed by atoms with van der Waals surface area (Å²) in [4.78, 5) is 0. The number of nitrogens with two attached hydrogens (primary N) is 2. The molecule has 2 rings (SSSR count). The van der Waals surface area contributed by atoms with E-state index in [1.165, 1.54) is 5.38 Å². The van der Waals surface area contributed by atoms with E-state index in [0.29, 0.717) is 11.3 Å². The zero-order valence-corrected chi connectivity index (χ0v) is 10.6. The number of benzene rings is 1. The molecule has 0 amide bonds. The van der Waals surface area contributed by atoms with E-state index in [-0.39, 0.29) is 5.56 Å². The van der Waals surface area contributed by atoms with E-state index < -0.39 is 17.8 Å². The number of hydrogen-bond acceptors (Lipinski definition) is 4. The Balaban J connectivity index is 2.50. The van der Waals surface area contributed by atoms with Crippen molar-refractivity contribution in [1.82, 2.24) is 5.43 Å². The van der Waals surface area contributed by atoms with Gasteiger partial charge in [0.25, 0.3) is 0 Å². The first-order valence-electron chi connectivity index (χ1n) is 5.39. The second kappa shape index (κ2) is 5.20. The summed E-state index contributed by atoms with van der Waals surface area (Å²) < 4.78 is 38.7. The van der Waals surface area contributed by atoms with Crippen LogP contribution in [-0.2, 0) is 6.18 Å². The number of nitrogen functional groups attached to an aromatic ring is 1. The molecular formula is C12H12F3N3S. The molecular weight excluding hydrogens is 275 g/mol. The monoisotopic (exact) mass is 287 g/mol. The van der Waals surface area contributed by atoms with Crippen LogP contribution in [0, 0.1) is 0 Å². The Bertz CT molecular complexity index is 565. The molecule has 0 aliphatic rings. The quantitative estimate of drug-likeness (QED) is 0.462. The zero-order chi connectivity index (χ0) is 14.0. The van der Waals surface area contributed by atoms with Crippen molar-refractivity contribution in [2.45, 2.75) is 12.2 Å². The average molecular weight is 287 g/mol. The van der Waals surface area contributed by atoms with E-state index in [9.17, 15) is 13.2 Å². The SMILES string of the molecule is NNC(c1ccccc1N)c1cscc1C(F)(F)F. The van der Waals surface area contributed by atoms with E-state index in [2.05, 4.69) is 5.43 Å². The van der Waals surface area contributed by atoms with Gasteiger partial charge >= 0.3 is 6.18 Å². The Morgan fingerprint density at radius 1 is 1.11 bits per heavy atom. The minimum atomic E-state index is -4.41. The Hall–Kier alpha value is -1.57. The van der Waals surface area contributed by atoms with Gasteiger partial charge in [-0.2, -0.15) is 24.5 Å². The molecule has 2 aromatic rings. The number of thiophene rings is 1. The van der Waals surface area contributed by atoms with E-state index in [1.807, 2.05) is 0 Å². The van der Waals surface area contributed by atoms with Crippen molar-refractivity contribution in [2.75, 3.05) is 5.73 Å². The minimum absolute atomic E-state index is 0.0814. The molecule has 0 spiro atoms. The fourth-order valence-corrected chi connectivity index (χ4v) is 2.77. The molecule has 1 heterocycles. The molecule has 7 heteroatoms. The molecule has 1 aromatic heterocycles. The lowest BCUT2D eigenvalue weighted by atomic mass is 9.97. The molecule has 0 aliphatic carbocycles. The van der Waals surface area contributed by atoms with Crippen molar-refractivity contribution >= 4 is 17.0 Å². The molecule has 0 saturated heterocycles. The molecule has 0 radical (unpaired) electrons. The normalized spacial score (nSPS) is 13.5. The van der Waals surface area contributed by atoms with Gasteiger partial charge in [0.05, 0.1) is 11.6 Å². The molecule has 19 heavy (non-hydrogen) atoms. The molecule has 1 aromatic carbocycles. The largest absolute Gasteiger partial charge is 0.417 e. The summed E-state index contributed by atoms with van der Waals surface area (Å²) in [7, 11) is 0. The van der Waals surface area contributed by atoms with Crippen molar-refractivity contribution in [3.63, 3.8) is 0 Å². The van der Waals surface area contributed by atoms with Crippen LogP contribution in [0.2, 0.25) is 0 Å². The number of para-hydroxylation sites is 1.